The molecule has 0 saturated carbocycles. The molecule has 0 bridgehead atoms. The number of carbonyl (C=O) groups is 1. The summed E-state index contributed by atoms with van der Waals surface area (Å²) < 4.78 is 10.1. The van der Waals surface area contributed by atoms with E-state index in [1.807, 2.05) is 4.90 Å². The first kappa shape index (κ1) is 16.4. The fourth-order valence-electron chi connectivity index (χ4n) is 2.39. The number of piperidine rings is 1. The summed E-state index contributed by atoms with van der Waals surface area (Å²) in [5.41, 5.74) is 0. The minimum absolute atomic E-state index is 0.210. The van der Waals surface area contributed by atoms with Gasteiger partial charge in [-0.2, -0.15) is 0 Å². The van der Waals surface area contributed by atoms with Crippen LogP contribution in [0.25, 0.3) is 0 Å². The topological polar surface area (TPSA) is 50.8 Å². The second-order valence-electron chi connectivity index (χ2n) is 5.05. The molecule has 0 aromatic carbocycles. The first-order valence-electron chi connectivity index (χ1n) is 7.27. The minimum atomic E-state index is 0.210. The summed E-state index contributed by atoms with van der Waals surface area (Å²) >= 11 is 0. The fraction of sp³-hybridized carbons (Fsp3) is 0.929. The van der Waals surface area contributed by atoms with E-state index in [2.05, 4.69) is 5.32 Å². The van der Waals surface area contributed by atoms with E-state index in [0.717, 1.165) is 13.0 Å². The van der Waals surface area contributed by atoms with Gasteiger partial charge in [0.25, 0.3) is 0 Å². The van der Waals surface area contributed by atoms with Gasteiger partial charge in [0.1, 0.15) is 0 Å². The smallest absolute Gasteiger partial charge is 0.222 e. The van der Waals surface area contributed by atoms with Gasteiger partial charge in [-0.15, -0.1) is 0 Å². The van der Waals surface area contributed by atoms with E-state index >= 15 is 0 Å². The molecule has 1 amide bonds. The van der Waals surface area contributed by atoms with E-state index in [9.17, 15) is 4.79 Å². The molecule has 19 heavy (non-hydrogen) atoms. The van der Waals surface area contributed by atoms with Crippen molar-refractivity contribution < 1.29 is 14.3 Å². The molecule has 1 aliphatic rings. The van der Waals surface area contributed by atoms with Gasteiger partial charge in [-0.3, -0.25) is 4.79 Å². The van der Waals surface area contributed by atoms with Crippen LogP contribution in [0, 0.1) is 0 Å². The number of amides is 1. The Balaban J connectivity index is 2.28. The summed E-state index contributed by atoms with van der Waals surface area (Å²) in [6.07, 6.45) is 5.30. The lowest BCUT2D eigenvalue weighted by molar-refractivity contribution is -0.132. The van der Waals surface area contributed by atoms with Crippen LogP contribution in [0.3, 0.4) is 0 Å². The van der Waals surface area contributed by atoms with Crippen molar-refractivity contribution in [3.63, 3.8) is 0 Å². The molecule has 1 heterocycles. The van der Waals surface area contributed by atoms with Crippen molar-refractivity contribution in [3.8, 4) is 0 Å². The van der Waals surface area contributed by atoms with Gasteiger partial charge in [0, 0.05) is 39.8 Å². The predicted octanol–water partition coefficient (Wildman–Crippen LogP) is 1.03. The summed E-state index contributed by atoms with van der Waals surface area (Å²) in [5, 5.41) is 3.48. The highest BCUT2D eigenvalue weighted by atomic mass is 16.5. The Labute approximate surface area is 116 Å². The van der Waals surface area contributed by atoms with Gasteiger partial charge in [-0.25, -0.2) is 0 Å². The summed E-state index contributed by atoms with van der Waals surface area (Å²) in [6, 6.07) is 0.518. The molecule has 1 N–H and O–H groups in total. The van der Waals surface area contributed by atoms with Crippen molar-refractivity contribution in [2.75, 3.05) is 47.1 Å². The fourth-order valence-corrected chi connectivity index (χ4v) is 2.39. The highest BCUT2D eigenvalue weighted by molar-refractivity contribution is 5.76. The number of ether oxygens (including phenoxy) is 2. The van der Waals surface area contributed by atoms with Crippen LogP contribution >= 0.6 is 0 Å². The third-order valence-corrected chi connectivity index (χ3v) is 3.60. The zero-order chi connectivity index (χ0) is 13.9. The monoisotopic (exact) mass is 272 g/mol. The zero-order valence-electron chi connectivity index (χ0n) is 12.3. The summed E-state index contributed by atoms with van der Waals surface area (Å²) in [7, 11) is 3.32. The molecule has 0 radical (unpaired) electrons. The summed E-state index contributed by atoms with van der Waals surface area (Å²) in [5.74, 6) is 0.210. The first-order valence-corrected chi connectivity index (χ1v) is 7.27. The Morgan fingerprint density at radius 2 is 1.89 bits per heavy atom. The van der Waals surface area contributed by atoms with Gasteiger partial charge in [0.2, 0.25) is 5.91 Å². The molecule has 0 aromatic heterocycles. The Kier molecular flexibility index (Phi) is 8.79. The lowest BCUT2D eigenvalue weighted by Crippen LogP contribution is -2.39. The maximum Gasteiger partial charge on any atom is 0.222 e. The number of nitrogens with zero attached hydrogens (tertiary/aromatic N) is 1. The molecule has 1 unspecified atom stereocenters. The lowest BCUT2D eigenvalue weighted by atomic mass is 10.0. The van der Waals surface area contributed by atoms with Crippen LogP contribution in [0.15, 0.2) is 0 Å². The van der Waals surface area contributed by atoms with Crippen LogP contribution in [-0.2, 0) is 14.3 Å². The maximum atomic E-state index is 12.2. The SMILES string of the molecule is COCCN(CCOC)C(=O)CCC1CCCCN1. The van der Waals surface area contributed by atoms with Crippen LogP contribution in [0.5, 0.6) is 0 Å². The van der Waals surface area contributed by atoms with Crippen molar-refractivity contribution in [1.29, 1.82) is 0 Å². The van der Waals surface area contributed by atoms with E-state index in [1.54, 1.807) is 14.2 Å². The summed E-state index contributed by atoms with van der Waals surface area (Å²) in [6.45, 7) is 3.55. The molecule has 1 aliphatic heterocycles. The molecular weight excluding hydrogens is 244 g/mol. The van der Waals surface area contributed by atoms with E-state index < -0.39 is 0 Å². The quantitative estimate of drug-likeness (QED) is 0.681. The normalized spacial score (nSPS) is 19.4. The number of hydrogen-bond donors (Lipinski definition) is 1. The van der Waals surface area contributed by atoms with Crippen LogP contribution in [0.2, 0.25) is 0 Å². The molecule has 1 fully saturated rings. The number of rotatable bonds is 9. The molecule has 5 heteroatoms. The van der Waals surface area contributed by atoms with Crippen molar-refractivity contribution in [2.45, 2.75) is 38.1 Å². The van der Waals surface area contributed by atoms with Gasteiger partial charge in [-0.05, 0) is 25.8 Å². The molecule has 1 saturated heterocycles. The molecule has 0 aromatic rings. The Bertz CT molecular complexity index is 235. The average molecular weight is 272 g/mol. The van der Waals surface area contributed by atoms with Gasteiger partial charge in [-0.1, -0.05) is 6.42 Å². The van der Waals surface area contributed by atoms with Gasteiger partial charge in [0.05, 0.1) is 13.2 Å². The Hall–Kier alpha value is -0.650. The second kappa shape index (κ2) is 10.2. The van der Waals surface area contributed by atoms with E-state index in [4.69, 9.17) is 9.47 Å². The van der Waals surface area contributed by atoms with Crippen LogP contribution in [0.1, 0.15) is 32.1 Å². The molecule has 5 nitrogen and oxygen atoms in total. The Morgan fingerprint density at radius 1 is 1.21 bits per heavy atom. The molecule has 0 spiro atoms. The van der Waals surface area contributed by atoms with Gasteiger partial charge >= 0.3 is 0 Å². The first-order chi connectivity index (χ1) is 9.27. The number of hydrogen-bond acceptors (Lipinski definition) is 4. The third-order valence-electron chi connectivity index (χ3n) is 3.60. The van der Waals surface area contributed by atoms with Crippen LogP contribution in [-0.4, -0.2) is 63.9 Å². The molecule has 112 valence electrons. The second-order valence-corrected chi connectivity index (χ2v) is 5.05. The number of methoxy groups -OCH3 is 2. The molecule has 0 aliphatic carbocycles. The minimum Gasteiger partial charge on any atom is -0.383 e. The standard InChI is InChI=1S/C14H28N2O3/c1-18-11-9-16(10-12-19-2)14(17)7-6-13-5-3-4-8-15-13/h13,15H,3-12H2,1-2H3. The largest absolute Gasteiger partial charge is 0.383 e. The predicted molar refractivity (Wildman–Crippen MR) is 75.2 cm³/mol. The zero-order valence-corrected chi connectivity index (χ0v) is 12.3. The summed E-state index contributed by atoms with van der Waals surface area (Å²) in [4.78, 5) is 14.0. The highest BCUT2D eigenvalue weighted by Crippen LogP contribution is 2.12. The van der Waals surface area contributed by atoms with Crippen molar-refractivity contribution in [2.24, 2.45) is 0 Å². The number of carbonyl (C=O) groups excluding carboxylic acids is 1. The van der Waals surface area contributed by atoms with Crippen molar-refractivity contribution in [1.82, 2.24) is 10.2 Å². The van der Waals surface area contributed by atoms with Crippen LogP contribution < -0.4 is 5.32 Å². The van der Waals surface area contributed by atoms with E-state index in [0.29, 0.717) is 38.8 Å². The maximum absolute atomic E-state index is 12.2. The van der Waals surface area contributed by atoms with Gasteiger partial charge < -0.3 is 19.7 Å². The van der Waals surface area contributed by atoms with E-state index in [1.165, 1.54) is 19.3 Å². The lowest BCUT2D eigenvalue weighted by Gasteiger charge is -2.26. The molecule has 1 atom stereocenters. The van der Waals surface area contributed by atoms with Crippen molar-refractivity contribution in [3.05, 3.63) is 0 Å². The highest BCUT2D eigenvalue weighted by Gasteiger charge is 2.17. The Morgan fingerprint density at radius 3 is 2.42 bits per heavy atom. The molecule has 1 rings (SSSR count). The third kappa shape index (κ3) is 6.89. The van der Waals surface area contributed by atoms with Gasteiger partial charge in [0.15, 0.2) is 0 Å². The average Bonchev–Trinajstić information content (AvgIpc) is 2.46. The van der Waals surface area contributed by atoms with E-state index in [-0.39, 0.29) is 5.91 Å². The molecular formula is C14H28N2O3. The van der Waals surface area contributed by atoms with Crippen LogP contribution in [0.4, 0.5) is 0 Å². The number of nitrogens with one attached hydrogen (secondary N) is 1. The van der Waals surface area contributed by atoms with Crippen molar-refractivity contribution >= 4 is 5.91 Å².